The van der Waals surface area contributed by atoms with Crippen LogP contribution in [0.5, 0.6) is 11.5 Å². The van der Waals surface area contributed by atoms with Crippen molar-refractivity contribution in [3.63, 3.8) is 0 Å². The van der Waals surface area contributed by atoms with E-state index in [9.17, 15) is 4.79 Å². The van der Waals surface area contributed by atoms with E-state index < -0.39 is 0 Å². The summed E-state index contributed by atoms with van der Waals surface area (Å²) in [5, 5.41) is 0. The van der Waals surface area contributed by atoms with E-state index >= 15 is 0 Å². The average Bonchev–Trinajstić information content (AvgIpc) is 2.97. The van der Waals surface area contributed by atoms with E-state index in [4.69, 9.17) is 9.47 Å². The van der Waals surface area contributed by atoms with Gasteiger partial charge in [0.05, 0.1) is 0 Å². The van der Waals surface area contributed by atoms with Crippen LogP contribution in [0.3, 0.4) is 0 Å². The minimum absolute atomic E-state index is 0.0768. The van der Waals surface area contributed by atoms with Gasteiger partial charge in [-0.2, -0.15) is 0 Å². The van der Waals surface area contributed by atoms with Crippen molar-refractivity contribution in [2.45, 2.75) is 12.8 Å². The molecule has 2 aliphatic rings. The molecule has 1 aromatic rings. The smallest absolute Gasteiger partial charge is 0.231 e. The summed E-state index contributed by atoms with van der Waals surface area (Å²) in [5.74, 6) is 1.71. The fourth-order valence-corrected chi connectivity index (χ4v) is 2.47. The highest BCUT2D eigenvalue weighted by Gasteiger charge is 2.32. The van der Waals surface area contributed by atoms with Crippen molar-refractivity contribution < 1.29 is 14.3 Å². The van der Waals surface area contributed by atoms with E-state index in [0.29, 0.717) is 5.75 Å². The van der Waals surface area contributed by atoms with Gasteiger partial charge < -0.3 is 14.4 Å². The molecule has 0 aliphatic carbocycles. The molecule has 94 valence electrons. The van der Waals surface area contributed by atoms with Crippen molar-refractivity contribution in [2.24, 2.45) is 5.92 Å². The molecule has 0 aromatic heterocycles. The zero-order valence-electron chi connectivity index (χ0n) is 10.1. The normalized spacial score (nSPS) is 21.4. The quantitative estimate of drug-likeness (QED) is 0.767. The highest BCUT2D eigenvalue weighted by Crippen LogP contribution is 2.37. The van der Waals surface area contributed by atoms with Gasteiger partial charge in [-0.1, -0.05) is 6.08 Å². The van der Waals surface area contributed by atoms with E-state index in [-0.39, 0.29) is 18.6 Å². The first-order valence-corrected chi connectivity index (χ1v) is 6.11. The Labute approximate surface area is 106 Å². The zero-order valence-corrected chi connectivity index (χ0v) is 10.1. The van der Waals surface area contributed by atoms with Crippen molar-refractivity contribution >= 4 is 11.6 Å². The lowest BCUT2D eigenvalue weighted by Gasteiger charge is -2.17. The maximum absolute atomic E-state index is 12.2. The third kappa shape index (κ3) is 1.74. The maximum atomic E-state index is 12.2. The lowest BCUT2D eigenvalue weighted by Crippen LogP contribution is -2.26. The number of benzene rings is 1. The summed E-state index contributed by atoms with van der Waals surface area (Å²) < 4.78 is 10.6. The lowest BCUT2D eigenvalue weighted by atomic mass is 10.0. The highest BCUT2D eigenvalue weighted by molar-refractivity contribution is 5.97. The largest absolute Gasteiger partial charge is 0.454 e. The Bertz CT molecular complexity index is 498. The van der Waals surface area contributed by atoms with E-state index in [0.717, 1.165) is 30.8 Å². The molecule has 1 atom stereocenters. The van der Waals surface area contributed by atoms with Crippen LogP contribution in [0.1, 0.15) is 12.8 Å². The first-order chi connectivity index (χ1) is 8.79. The Hall–Kier alpha value is -1.97. The van der Waals surface area contributed by atoms with Gasteiger partial charge in [0.2, 0.25) is 12.7 Å². The van der Waals surface area contributed by atoms with E-state index in [2.05, 4.69) is 6.58 Å². The van der Waals surface area contributed by atoms with Gasteiger partial charge in [0.1, 0.15) is 0 Å². The zero-order chi connectivity index (χ0) is 12.5. The molecule has 3 rings (SSSR count). The molecule has 1 fully saturated rings. The fourth-order valence-electron chi connectivity index (χ4n) is 2.47. The minimum atomic E-state index is 0.0768. The predicted octanol–water partition coefficient (Wildman–Crippen LogP) is 2.34. The van der Waals surface area contributed by atoms with Gasteiger partial charge in [0.25, 0.3) is 0 Å². The second kappa shape index (κ2) is 4.37. The van der Waals surface area contributed by atoms with Crippen LogP contribution in [0.15, 0.2) is 30.9 Å². The molecule has 4 heteroatoms. The molecule has 0 bridgehead atoms. The van der Waals surface area contributed by atoms with E-state index in [1.165, 1.54) is 0 Å². The monoisotopic (exact) mass is 245 g/mol. The summed E-state index contributed by atoms with van der Waals surface area (Å²) in [6.45, 7) is 4.71. The molecule has 1 saturated heterocycles. The number of hydrogen-bond acceptors (Lipinski definition) is 3. The van der Waals surface area contributed by atoms with Crippen LogP contribution >= 0.6 is 0 Å². The van der Waals surface area contributed by atoms with Gasteiger partial charge in [0, 0.05) is 24.2 Å². The van der Waals surface area contributed by atoms with Gasteiger partial charge in [-0.3, -0.25) is 4.79 Å². The third-order valence-electron chi connectivity index (χ3n) is 3.44. The molecule has 0 saturated carbocycles. The number of amides is 1. The number of fused-ring (bicyclic) bond motifs is 1. The summed E-state index contributed by atoms with van der Waals surface area (Å²) in [7, 11) is 0. The number of carbonyl (C=O) groups is 1. The van der Waals surface area contributed by atoms with Crippen LogP contribution in [-0.2, 0) is 4.79 Å². The molecule has 2 aliphatic heterocycles. The summed E-state index contributed by atoms with van der Waals surface area (Å²) in [6.07, 6.45) is 3.45. The molecule has 1 aromatic carbocycles. The predicted molar refractivity (Wildman–Crippen MR) is 67.8 cm³/mol. The fraction of sp³-hybridized carbons (Fsp3) is 0.357. The van der Waals surface area contributed by atoms with Crippen LogP contribution in [-0.4, -0.2) is 19.2 Å². The molecule has 1 unspecified atom stereocenters. The van der Waals surface area contributed by atoms with Crippen LogP contribution in [0, 0.1) is 5.92 Å². The highest BCUT2D eigenvalue weighted by atomic mass is 16.7. The van der Waals surface area contributed by atoms with Crippen molar-refractivity contribution in [3.05, 3.63) is 30.9 Å². The molecule has 2 heterocycles. The first-order valence-electron chi connectivity index (χ1n) is 6.11. The number of carbonyl (C=O) groups excluding carboxylic acids is 1. The van der Waals surface area contributed by atoms with Gasteiger partial charge in [-0.25, -0.2) is 0 Å². The van der Waals surface area contributed by atoms with Crippen molar-refractivity contribution in [2.75, 3.05) is 18.2 Å². The summed E-state index contributed by atoms with van der Waals surface area (Å²) >= 11 is 0. The number of ether oxygens (including phenoxy) is 2. The average molecular weight is 245 g/mol. The van der Waals surface area contributed by atoms with Crippen LogP contribution in [0.4, 0.5) is 5.69 Å². The van der Waals surface area contributed by atoms with Crippen LogP contribution in [0.2, 0.25) is 0 Å². The molecule has 0 radical (unpaired) electrons. The molecule has 18 heavy (non-hydrogen) atoms. The summed E-state index contributed by atoms with van der Waals surface area (Å²) in [5.41, 5.74) is 0.885. The number of allylic oxidation sites excluding steroid dienone is 1. The first kappa shape index (κ1) is 11.1. The van der Waals surface area contributed by atoms with Gasteiger partial charge in [-0.15, -0.1) is 6.58 Å². The number of nitrogens with zero attached hydrogens (tertiary/aromatic N) is 1. The molecule has 0 N–H and O–H groups in total. The molecular formula is C14H15NO3. The second-order valence-corrected chi connectivity index (χ2v) is 4.54. The molecule has 1 amide bonds. The Morgan fingerprint density at radius 3 is 3.06 bits per heavy atom. The number of hydrogen-bond donors (Lipinski definition) is 0. The SMILES string of the molecule is C=CCC1CCN(c2ccc3c(c2)OCO3)C1=O. The molecule has 0 spiro atoms. The summed E-state index contributed by atoms with van der Waals surface area (Å²) in [6, 6.07) is 5.63. The number of rotatable bonds is 3. The van der Waals surface area contributed by atoms with E-state index in [1.54, 1.807) is 0 Å². The van der Waals surface area contributed by atoms with Crippen molar-refractivity contribution in [3.8, 4) is 11.5 Å². The minimum Gasteiger partial charge on any atom is -0.454 e. The van der Waals surface area contributed by atoms with E-state index in [1.807, 2.05) is 29.2 Å². The van der Waals surface area contributed by atoms with Gasteiger partial charge in [-0.05, 0) is 25.0 Å². The maximum Gasteiger partial charge on any atom is 0.231 e. The number of anilines is 1. The standard InChI is InChI=1S/C14H15NO3/c1-2-3-10-6-7-15(14(10)16)11-4-5-12-13(8-11)18-9-17-12/h2,4-5,8,10H,1,3,6-7,9H2. The Balaban J connectivity index is 1.83. The topological polar surface area (TPSA) is 38.8 Å². The van der Waals surface area contributed by atoms with Crippen molar-refractivity contribution in [1.29, 1.82) is 0 Å². The Morgan fingerprint density at radius 2 is 2.22 bits per heavy atom. The second-order valence-electron chi connectivity index (χ2n) is 4.54. The third-order valence-corrected chi connectivity index (χ3v) is 3.44. The lowest BCUT2D eigenvalue weighted by molar-refractivity contribution is -0.120. The van der Waals surface area contributed by atoms with Gasteiger partial charge >= 0.3 is 0 Å². The summed E-state index contributed by atoms with van der Waals surface area (Å²) in [4.78, 5) is 14.0. The van der Waals surface area contributed by atoms with Gasteiger partial charge in [0.15, 0.2) is 11.5 Å². The van der Waals surface area contributed by atoms with Crippen molar-refractivity contribution in [1.82, 2.24) is 0 Å². The molecular weight excluding hydrogens is 230 g/mol. The Kier molecular flexibility index (Phi) is 2.70. The Morgan fingerprint density at radius 1 is 1.39 bits per heavy atom. The van der Waals surface area contributed by atoms with Crippen LogP contribution in [0.25, 0.3) is 0 Å². The van der Waals surface area contributed by atoms with Crippen LogP contribution < -0.4 is 14.4 Å². The molecule has 4 nitrogen and oxygen atoms in total.